The number of esters is 1. The smallest absolute Gasteiger partial charge is 0.310 e. The van der Waals surface area contributed by atoms with Crippen LogP contribution in [-0.4, -0.2) is 36.0 Å². The summed E-state index contributed by atoms with van der Waals surface area (Å²) in [5.41, 5.74) is -0.259. The number of rotatable bonds is 3. The van der Waals surface area contributed by atoms with Crippen molar-refractivity contribution < 1.29 is 22.5 Å². The maximum absolute atomic E-state index is 11.9. The van der Waals surface area contributed by atoms with Gasteiger partial charge in [0.05, 0.1) is 17.4 Å². The predicted molar refractivity (Wildman–Crippen MR) is 74.3 cm³/mol. The van der Waals surface area contributed by atoms with Crippen LogP contribution in [0.15, 0.2) is 4.52 Å². The van der Waals surface area contributed by atoms with Crippen LogP contribution in [0.5, 0.6) is 0 Å². The van der Waals surface area contributed by atoms with Crippen molar-refractivity contribution in [3.8, 4) is 0 Å². The average molecular weight is 316 g/mol. The molecule has 7 nitrogen and oxygen atoms in total. The highest BCUT2D eigenvalue weighted by molar-refractivity contribution is 7.91. The van der Waals surface area contributed by atoms with Crippen molar-refractivity contribution in [1.82, 2.24) is 10.1 Å². The molecule has 2 unspecified atom stereocenters. The van der Waals surface area contributed by atoms with E-state index in [1.807, 2.05) is 20.8 Å². The first-order valence-electron chi connectivity index (χ1n) is 6.83. The van der Waals surface area contributed by atoms with Gasteiger partial charge in [-0.15, -0.1) is 0 Å². The van der Waals surface area contributed by atoms with Crippen molar-refractivity contribution in [3.63, 3.8) is 0 Å². The number of ether oxygens (including phenoxy) is 1. The summed E-state index contributed by atoms with van der Waals surface area (Å²) in [7, 11) is -3.11. The van der Waals surface area contributed by atoms with Crippen molar-refractivity contribution in [2.75, 3.05) is 11.5 Å². The number of sulfone groups is 1. The fraction of sp³-hybridized carbons (Fsp3) is 0.769. The highest BCUT2D eigenvalue weighted by Crippen LogP contribution is 2.25. The van der Waals surface area contributed by atoms with Crippen LogP contribution in [0.4, 0.5) is 0 Å². The Bertz CT molecular complexity index is 629. The van der Waals surface area contributed by atoms with Crippen LogP contribution >= 0.6 is 0 Å². The van der Waals surface area contributed by atoms with Gasteiger partial charge >= 0.3 is 5.97 Å². The van der Waals surface area contributed by atoms with E-state index in [0.29, 0.717) is 12.2 Å². The van der Waals surface area contributed by atoms with Crippen LogP contribution in [0.1, 0.15) is 51.9 Å². The quantitative estimate of drug-likeness (QED) is 0.777. The first kappa shape index (κ1) is 15.9. The second-order valence-corrected chi connectivity index (χ2v) is 8.61. The molecule has 1 fully saturated rings. The number of nitrogens with zero attached hydrogens (tertiary/aromatic N) is 2. The molecule has 8 heteroatoms. The third-order valence-corrected chi connectivity index (χ3v) is 5.09. The standard InChI is InChI=1S/C13H20N2O5S/c1-8(10-14-12(15-20-10)13(2,3)4)19-11(16)9-5-6-21(17,18)7-9/h8-9H,5-7H2,1-4H3. The van der Waals surface area contributed by atoms with Crippen molar-refractivity contribution >= 4 is 15.8 Å². The molecule has 118 valence electrons. The highest BCUT2D eigenvalue weighted by atomic mass is 32.2. The van der Waals surface area contributed by atoms with Crippen LogP contribution < -0.4 is 0 Å². The van der Waals surface area contributed by atoms with Crippen molar-refractivity contribution in [1.29, 1.82) is 0 Å². The third-order valence-electron chi connectivity index (χ3n) is 3.32. The molecule has 2 atom stereocenters. The minimum absolute atomic E-state index is 0.0376. The minimum atomic E-state index is -3.11. The van der Waals surface area contributed by atoms with Crippen LogP contribution in [0.2, 0.25) is 0 Å². The minimum Gasteiger partial charge on any atom is -0.452 e. The molecule has 0 amide bonds. The number of aromatic nitrogens is 2. The van der Waals surface area contributed by atoms with E-state index in [-0.39, 0.29) is 22.8 Å². The highest BCUT2D eigenvalue weighted by Gasteiger charge is 2.35. The lowest BCUT2D eigenvalue weighted by molar-refractivity contribution is -0.153. The molecule has 0 bridgehead atoms. The molecule has 0 radical (unpaired) electrons. The van der Waals surface area contributed by atoms with E-state index in [2.05, 4.69) is 10.1 Å². The summed E-state index contributed by atoms with van der Waals surface area (Å²) in [6.07, 6.45) is -0.380. The normalized spacial score (nSPS) is 23.0. The number of hydrogen-bond acceptors (Lipinski definition) is 7. The lowest BCUT2D eigenvalue weighted by Gasteiger charge is -2.13. The van der Waals surface area contributed by atoms with Gasteiger partial charge in [-0.2, -0.15) is 4.98 Å². The Morgan fingerprint density at radius 1 is 1.43 bits per heavy atom. The SMILES string of the molecule is CC(OC(=O)C1CCS(=O)(=O)C1)c1nc(C(C)(C)C)no1. The summed E-state index contributed by atoms with van der Waals surface area (Å²) in [4.78, 5) is 16.2. The molecule has 0 saturated carbocycles. The summed E-state index contributed by atoms with van der Waals surface area (Å²) in [5.74, 6) is -0.481. The zero-order chi connectivity index (χ0) is 15.8. The molecule has 21 heavy (non-hydrogen) atoms. The molecule has 1 aromatic heterocycles. The summed E-state index contributed by atoms with van der Waals surface area (Å²) < 4.78 is 33.1. The fourth-order valence-electron chi connectivity index (χ4n) is 2.01. The zero-order valence-corrected chi connectivity index (χ0v) is 13.4. The Morgan fingerprint density at radius 2 is 2.10 bits per heavy atom. The number of carbonyl (C=O) groups is 1. The Hall–Kier alpha value is -1.44. The first-order chi connectivity index (χ1) is 9.58. The van der Waals surface area contributed by atoms with Gasteiger partial charge in [-0.3, -0.25) is 4.79 Å². The molecule has 0 aliphatic carbocycles. The first-order valence-corrected chi connectivity index (χ1v) is 8.65. The maximum Gasteiger partial charge on any atom is 0.310 e. The van der Waals surface area contributed by atoms with Gasteiger partial charge in [0, 0.05) is 5.41 Å². The topological polar surface area (TPSA) is 99.4 Å². The Morgan fingerprint density at radius 3 is 2.57 bits per heavy atom. The van der Waals surface area contributed by atoms with Crippen LogP contribution in [-0.2, 0) is 24.8 Å². The van der Waals surface area contributed by atoms with Gasteiger partial charge in [0.1, 0.15) is 0 Å². The largest absolute Gasteiger partial charge is 0.452 e. The van der Waals surface area contributed by atoms with Crippen molar-refractivity contribution in [2.45, 2.75) is 45.6 Å². The molecule has 0 aromatic carbocycles. The van der Waals surface area contributed by atoms with E-state index in [0.717, 1.165) is 0 Å². The summed E-state index contributed by atoms with van der Waals surface area (Å²) in [5, 5.41) is 3.86. The molecular weight excluding hydrogens is 296 g/mol. The Labute approximate surface area is 124 Å². The van der Waals surface area contributed by atoms with Gasteiger partial charge in [0.15, 0.2) is 21.8 Å². The maximum atomic E-state index is 11.9. The molecular formula is C13H20N2O5S. The Kier molecular flexibility index (Phi) is 4.10. The van der Waals surface area contributed by atoms with Gasteiger partial charge in [-0.1, -0.05) is 25.9 Å². The van der Waals surface area contributed by atoms with E-state index in [9.17, 15) is 13.2 Å². The van der Waals surface area contributed by atoms with Crippen LogP contribution in [0.3, 0.4) is 0 Å². The number of carbonyl (C=O) groups excluding carboxylic acids is 1. The van der Waals surface area contributed by atoms with E-state index in [1.165, 1.54) is 0 Å². The van der Waals surface area contributed by atoms with Gasteiger partial charge in [0.25, 0.3) is 5.89 Å². The Balaban J connectivity index is 2.00. The third kappa shape index (κ3) is 3.81. The second-order valence-electron chi connectivity index (χ2n) is 6.39. The monoisotopic (exact) mass is 316 g/mol. The van der Waals surface area contributed by atoms with Crippen molar-refractivity contribution in [2.24, 2.45) is 5.92 Å². The molecule has 1 aromatic rings. The zero-order valence-electron chi connectivity index (χ0n) is 12.6. The molecule has 1 aliphatic heterocycles. The second kappa shape index (κ2) is 5.40. The van der Waals surface area contributed by atoms with E-state index in [4.69, 9.17) is 9.26 Å². The van der Waals surface area contributed by atoms with Gasteiger partial charge in [0.2, 0.25) is 0 Å². The van der Waals surface area contributed by atoms with Crippen LogP contribution in [0.25, 0.3) is 0 Å². The molecule has 2 heterocycles. The molecule has 0 N–H and O–H groups in total. The molecule has 1 saturated heterocycles. The summed E-state index contributed by atoms with van der Waals surface area (Å²) >= 11 is 0. The predicted octanol–water partition coefficient (Wildman–Crippen LogP) is 1.41. The lowest BCUT2D eigenvalue weighted by Crippen LogP contribution is -2.20. The van der Waals surface area contributed by atoms with E-state index in [1.54, 1.807) is 6.92 Å². The van der Waals surface area contributed by atoms with Gasteiger partial charge < -0.3 is 9.26 Å². The average Bonchev–Trinajstić information content (AvgIpc) is 2.94. The molecule has 2 rings (SSSR count). The fourth-order valence-corrected chi connectivity index (χ4v) is 3.73. The molecule has 1 aliphatic rings. The number of hydrogen-bond donors (Lipinski definition) is 0. The van der Waals surface area contributed by atoms with Crippen LogP contribution in [0, 0.1) is 5.92 Å². The van der Waals surface area contributed by atoms with E-state index < -0.39 is 27.8 Å². The summed E-state index contributed by atoms with van der Waals surface area (Å²) in [6, 6.07) is 0. The lowest BCUT2D eigenvalue weighted by atomic mass is 9.96. The van der Waals surface area contributed by atoms with E-state index >= 15 is 0 Å². The molecule has 0 spiro atoms. The van der Waals surface area contributed by atoms with Crippen molar-refractivity contribution in [3.05, 3.63) is 11.7 Å². The van der Waals surface area contributed by atoms with Gasteiger partial charge in [-0.25, -0.2) is 8.42 Å². The van der Waals surface area contributed by atoms with Gasteiger partial charge in [-0.05, 0) is 13.3 Å². The summed E-state index contributed by atoms with van der Waals surface area (Å²) in [6.45, 7) is 7.46.